The summed E-state index contributed by atoms with van der Waals surface area (Å²) in [6.45, 7) is 1.73. The third kappa shape index (κ3) is 3.43. The number of phenols is 1. The fourth-order valence-corrected chi connectivity index (χ4v) is 3.28. The highest BCUT2D eigenvalue weighted by molar-refractivity contribution is 5.93. The van der Waals surface area contributed by atoms with E-state index in [4.69, 9.17) is 4.42 Å². The van der Waals surface area contributed by atoms with Gasteiger partial charge in [0.05, 0.1) is 12.0 Å². The van der Waals surface area contributed by atoms with Crippen LogP contribution in [0.4, 0.5) is 10.1 Å². The maximum absolute atomic E-state index is 14.1. The molecule has 138 valence electrons. The molecule has 1 saturated carbocycles. The molecular weight excluding hydrogens is 349 g/mol. The van der Waals surface area contributed by atoms with E-state index in [-0.39, 0.29) is 29.1 Å². The van der Waals surface area contributed by atoms with Gasteiger partial charge in [0.25, 0.3) is 0 Å². The smallest absolute Gasteiger partial charge is 0.340 e. The van der Waals surface area contributed by atoms with Crippen molar-refractivity contribution in [3.8, 4) is 5.75 Å². The number of nitrogens with one attached hydrogen (secondary N) is 1. The van der Waals surface area contributed by atoms with Crippen LogP contribution in [0.2, 0.25) is 0 Å². The first kappa shape index (κ1) is 17.3. The second-order valence-corrected chi connectivity index (χ2v) is 6.91. The Labute approximate surface area is 154 Å². The quantitative estimate of drug-likeness (QED) is 0.683. The molecule has 27 heavy (non-hydrogen) atoms. The number of phenolic OH excluding ortho intramolecular Hbond substituents is 1. The van der Waals surface area contributed by atoms with Crippen LogP contribution < -0.4 is 10.9 Å². The van der Waals surface area contributed by atoms with Crippen LogP contribution in [0.25, 0.3) is 11.0 Å². The van der Waals surface area contributed by atoms with Gasteiger partial charge in [-0.15, -0.1) is 0 Å². The third-order valence-electron chi connectivity index (χ3n) is 4.91. The van der Waals surface area contributed by atoms with Crippen molar-refractivity contribution in [3.63, 3.8) is 0 Å². The topological polar surface area (TPSA) is 79.5 Å². The minimum Gasteiger partial charge on any atom is -0.508 e. The van der Waals surface area contributed by atoms with Gasteiger partial charge in [0.15, 0.2) is 0 Å². The Balaban J connectivity index is 1.57. The molecule has 1 aromatic heterocycles. The van der Waals surface area contributed by atoms with Crippen molar-refractivity contribution in [1.82, 2.24) is 0 Å². The van der Waals surface area contributed by atoms with E-state index in [1.807, 2.05) is 0 Å². The molecule has 0 bridgehead atoms. The molecule has 5 nitrogen and oxygen atoms in total. The minimum atomic E-state index is -0.629. The molecule has 1 heterocycles. The van der Waals surface area contributed by atoms with Crippen LogP contribution in [0.3, 0.4) is 0 Å². The predicted octanol–water partition coefficient (Wildman–Crippen LogP) is 4.00. The molecule has 1 fully saturated rings. The van der Waals surface area contributed by atoms with E-state index in [0.29, 0.717) is 28.1 Å². The summed E-state index contributed by atoms with van der Waals surface area (Å²) in [6, 6.07) is 9.17. The lowest BCUT2D eigenvalue weighted by Gasteiger charge is -2.10. The number of anilines is 1. The van der Waals surface area contributed by atoms with Crippen LogP contribution in [0.15, 0.2) is 45.6 Å². The standard InChI is InChI=1S/C21H18FNO4/c1-11-15-7-5-14(24)9-19(15)27-21(26)17(11)10-20(25)23-13-4-6-16(12-2-3-12)18(22)8-13/h4-9,12,24H,2-3,10H2,1H3,(H,23,25). The lowest BCUT2D eigenvalue weighted by molar-refractivity contribution is -0.115. The Morgan fingerprint density at radius 1 is 1.26 bits per heavy atom. The minimum absolute atomic E-state index is 0.00721. The number of halogens is 1. The number of rotatable bonds is 4. The normalized spacial score (nSPS) is 13.7. The van der Waals surface area contributed by atoms with E-state index in [9.17, 15) is 19.1 Å². The second kappa shape index (κ2) is 6.54. The average molecular weight is 367 g/mol. The Kier molecular flexibility index (Phi) is 4.18. The first-order valence-corrected chi connectivity index (χ1v) is 8.77. The van der Waals surface area contributed by atoms with Crippen LogP contribution >= 0.6 is 0 Å². The molecule has 0 aliphatic heterocycles. The summed E-state index contributed by atoms with van der Waals surface area (Å²) in [5.41, 5.74) is 1.53. The molecule has 2 N–H and O–H groups in total. The number of benzene rings is 2. The molecule has 4 rings (SSSR count). The molecule has 0 saturated heterocycles. The van der Waals surface area contributed by atoms with Gasteiger partial charge in [0, 0.05) is 17.1 Å². The van der Waals surface area contributed by atoms with Gasteiger partial charge in [-0.05, 0) is 61.1 Å². The van der Waals surface area contributed by atoms with Gasteiger partial charge < -0.3 is 14.8 Å². The molecule has 0 radical (unpaired) electrons. The lowest BCUT2D eigenvalue weighted by atomic mass is 10.0. The van der Waals surface area contributed by atoms with E-state index in [0.717, 1.165) is 12.8 Å². The van der Waals surface area contributed by atoms with E-state index in [1.165, 1.54) is 18.2 Å². The third-order valence-corrected chi connectivity index (χ3v) is 4.91. The Bertz CT molecular complexity index is 1120. The summed E-state index contributed by atoms with van der Waals surface area (Å²) in [4.78, 5) is 24.6. The van der Waals surface area contributed by atoms with Gasteiger partial charge in [0.2, 0.25) is 5.91 Å². The molecule has 3 aromatic rings. The van der Waals surface area contributed by atoms with Crippen LogP contribution in [0.5, 0.6) is 5.75 Å². The number of carbonyl (C=O) groups excluding carboxylic acids is 1. The predicted molar refractivity (Wildman–Crippen MR) is 99.6 cm³/mol. The molecule has 0 atom stereocenters. The zero-order chi connectivity index (χ0) is 19.1. The van der Waals surface area contributed by atoms with Gasteiger partial charge in [-0.1, -0.05) is 6.07 Å². The fourth-order valence-electron chi connectivity index (χ4n) is 3.28. The summed E-state index contributed by atoms with van der Waals surface area (Å²) in [6.07, 6.45) is 1.81. The molecule has 1 aliphatic carbocycles. The zero-order valence-electron chi connectivity index (χ0n) is 14.7. The highest BCUT2D eigenvalue weighted by atomic mass is 19.1. The summed E-state index contributed by atoms with van der Waals surface area (Å²) in [5.74, 6) is -0.468. The van der Waals surface area contributed by atoms with Gasteiger partial charge in [0.1, 0.15) is 17.1 Å². The van der Waals surface area contributed by atoms with Crippen molar-refractivity contribution < 1.29 is 18.7 Å². The number of hydrogen-bond donors (Lipinski definition) is 2. The number of aryl methyl sites for hydroxylation is 1. The lowest BCUT2D eigenvalue weighted by Crippen LogP contribution is -2.20. The van der Waals surface area contributed by atoms with E-state index in [1.54, 1.807) is 25.1 Å². The van der Waals surface area contributed by atoms with Crippen LogP contribution in [0, 0.1) is 12.7 Å². The van der Waals surface area contributed by atoms with Gasteiger partial charge in [-0.25, -0.2) is 9.18 Å². The van der Waals surface area contributed by atoms with E-state index >= 15 is 0 Å². The number of hydrogen-bond acceptors (Lipinski definition) is 4. The molecule has 6 heteroatoms. The Morgan fingerprint density at radius 2 is 2.04 bits per heavy atom. The Hall–Kier alpha value is -3.15. The maximum Gasteiger partial charge on any atom is 0.340 e. The van der Waals surface area contributed by atoms with Gasteiger partial charge >= 0.3 is 5.63 Å². The average Bonchev–Trinajstić information content (AvgIpc) is 3.43. The highest BCUT2D eigenvalue weighted by Crippen LogP contribution is 2.41. The first-order valence-electron chi connectivity index (χ1n) is 8.77. The van der Waals surface area contributed by atoms with Crippen molar-refractivity contribution in [2.75, 3.05) is 5.32 Å². The van der Waals surface area contributed by atoms with Crippen molar-refractivity contribution in [2.24, 2.45) is 0 Å². The fraction of sp³-hybridized carbons (Fsp3) is 0.238. The molecule has 0 unspecified atom stereocenters. The summed E-state index contributed by atoms with van der Waals surface area (Å²) in [7, 11) is 0. The summed E-state index contributed by atoms with van der Waals surface area (Å²) >= 11 is 0. The Morgan fingerprint density at radius 3 is 2.74 bits per heavy atom. The highest BCUT2D eigenvalue weighted by Gasteiger charge is 2.26. The second-order valence-electron chi connectivity index (χ2n) is 6.91. The van der Waals surface area contributed by atoms with Crippen molar-refractivity contribution in [2.45, 2.75) is 32.1 Å². The maximum atomic E-state index is 14.1. The van der Waals surface area contributed by atoms with Crippen molar-refractivity contribution in [1.29, 1.82) is 0 Å². The van der Waals surface area contributed by atoms with Crippen LogP contribution in [-0.4, -0.2) is 11.0 Å². The number of amides is 1. The molecule has 2 aromatic carbocycles. The van der Waals surface area contributed by atoms with Crippen LogP contribution in [-0.2, 0) is 11.2 Å². The van der Waals surface area contributed by atoms with Crippen molar-refractivity contribution in [3.05, 3.63) is 69.3 Å². The monoisotopic (exact) mass is 367 g/mol. The van der Waals surface area contributed by atoms with Crippen LogP contribution in [0.1, 0.15) is 35.4 Å². The number of aromatic hydroxyl groups is 1. The molecule has 1 amide bonds. The largest absolute Gasteiger partial charge is 0.508 e. The zero-order valence-corrected chi connectivity index (χ0v) is 14.7. The summed E-state index contributed by atoms with van der Waals surface area (Å²) in [5, 5.41) is 12.8. The number of fused-ring (bicyclic) bond motifs is 1. The number of carbonyl (C=O) groups is 1. The van der Waals surface area contributed by atoms with E-state index < -0.39 is 11.5 Å². The van der Waals surface area contributed by atoms with Gasteiger partial charge in [-0.2, -0.15) is 0 Å². The first-order chi connectivity index (χ1) is 12.9. The molecule has 1 aliphatic rings. The molecular formula is C21H18FNO4. The van der Waals surface area contributed by atoms with Gasteiger partial charge in [-0.3, -0.25) is 4.79 Å². The molecule has 0 spiro atoms. The van der Waals surface area contributed by atoms with Crippen molar-refractivity contribution >= 4 is 22.6 Å². The van der Waals surface area contributed by atoms with E-state index in [2.05, 4.69) is 5.32 Å². The summed E-state index contributed by atoms with van der Waals surface area (Å²) < 4.78 is 19.3. The SMILES string of the molecule is Cc1c(CC(=O)Nc2ccc(C3CC3)c(F)c2)c(=O)oc2cc(O)ccc12.